The van der Waals surface area contributed by atoms with Crippen LogP contribution in [0.25, 0.3) is 0 Å². The van der Waals surface area contributed by atoms with Crippen LogP contribution >= 0.6 is 0 Å². The molecule has 0 unspecified atom stereocenters. The van der Waals surface area contributed by atoms with E-state index in [0.717, 1.165) is 18.0 Å². The van der Waals surface area contributed by atoms with Gasteiger partial charge in [0.05, 0.1) is 0 Å². The molecule has 1 atom stereocenters. The van der Waals surface area contributed by atoms with E-state index in [4.69, 9.17) is 5.73 Å². The van der Waals surface area contributed by atoms with E-state index in [2.05, 4.69) is 19.9 Å². The molecule has 0 heterocycles. The van der Waals surface area contributed by atoms with Crippen molar-refractivity contribution < 1.29 is 0 Å². The lowest BCUT2D eigenvalue weighted by Gasteiger charge is -2.05. The number of nitrogens with two attached hydrogens (primary N) is 1. The van der Waals surface area contributed by atoms with Gasteiger partial charge in [0, 0.05) is 5.70 Å². The number of rotatable bonds is 5. The van der Waals surface area contributed by atoms with E-state index in [9.17, 15) is 0 Å². The van der Waals surface area contributed by atoms with Gasteiger partial charge < -0.3 is 5.73 Å². The first-order chi connectivity index (χ1) is 5.16. The number of unbranched alkanes of at least 4 members (excludes halogenated alkanes) is 1. The van der Waals surface area contributed by atoms with Crippen LogP contribution in [0.4, 0.5) is 0 Å². The highest BCUT2D eigenvalue weighted by Gasteiger charge is 1.96. The monoisotopic (exact) mass is 155 g/mol. The Kier molecular flexibility index (Phi) is 6.00. The van der Waals surface area contributed by atoms with Crippen molar-refractivity contribution in [1.29, 1.82) is 0 Å². The smallest absolute Gasteiger partial charge is 0.000832 e. The van der Waals surface area contributed by atoms with Crippen LogP contribution in [0.2, 0.25) is 0 Å². The zero-order valence-electron chi connectivity index (χ0n) is 8.06. The van der Waals surface area contributed by atoms with Crippen molar-refractivity contribution >= 4 is 0 Å². The molecule has 1 nitrogen and oxygen atoms in total. The summed E-state index contributed by atoms with van der Waals surface area (Å²) in [6, 6.07) is 0. The zero-order chi connectivity index (χ0) is 8.69. The first kappa shape index (κ1) is 10.5. The third kappa shape index (κ3) is 7.44. The van der Waals surface area contributed by atoms with Gasteiger partial charge in [-0.15, -0.1) is 0 Å². The molecule has 0 aliphatic heterocycles. The molecule has 0 radical (unpaired) electrons. The van der Waals surface area contributed by atoms with Crippen molar-refractivity contribution in [2.75, 3.05) is 0 Å². The highest BCUT2D eigenvalue weighted by molar-refractivity contribution is 4.90. The van der Waals surface area contributed by atoms with Crippen molar-refractivity contribution in [3.63, 3.8) is 0 Å². The lowest BCUT2D eigenvalue weighted by atomic mass is 10.0. The van der Waals surface area contributed by atoms with Gasteiger partial charge in [-0.1, -0.05) is 32.8 Å². The molecule has 0 aromatic rings. The van der Waals surface area contributed by atoms with E-state index in [-0.39, 0.29) is 0 Å². The molecule has 2 N–H and O–H groups in total. The Morgan fingerprint density at radius 1 is 1.55 bits per heavy atom. The lowest BCUT2D eigenvalue weighted by molar-refractivity contribution is 0.498. The molecule has 0 aliphatic rings. The molecule has 0 saturated heterocycles. The fourth-order valence-corrected chi connectivity index (χ4v) is 1.00. The van der Waals surface area contributed by atoms with E-state index in [1.54, 1.807) is 0 Å². The Morgan fingerprint density at radius 3 is 2.64 bits per heavy atom. The Labute approximate surface area is 70.7 Å². The molecular weight excluding hydrogens is 134 g/mol. The lowest BCUT2D eigenvalue weighted by Crippen LogP contribution is -1.93. The van der Waals surface area contributed by atoms with Crippen molar-refractivity contribution in [2.24, 2.45) is 11.7 Å². The first-order valence-electron chi connectivity index (χ1n) is 4.59. The molecule has 66 valence electrons. The van der Waals surface area contributed by atoms with Crippen LogP contribution in [0.15, 0.2) is 11.8 Å². The summed E-state index contributed by atoms with van der Waals surface area (Å²) >= 11 is 0. The van der Waals surface area contributed by atoms with E-state index in [1.807, 2.05) is 6.92 Å². The second-order valence-electron chi connectivity index (χ2n) is 3.39. The average Bonchev–Trinajstić information content (AvgIpc) is 1.97. The SMILES string of the molecule is CC[C@H](C)CCC/C=C(\C)N. The summed E-state index contributed by atoms with van der Waals surface area (Å²) in [6.45, 7) is 6.50. The van der Waals surface area contributed by atoms with Crippen LogP contribution < -0.4 is 5.73 Å². The van der Waals surface area contributed by atoms with Gasteiger partial charge >= 0.3 is 0 Å². The molecular formula is C10H21N. The van der Waals surface area contributed by atoms with Crippen LogP contribution in [0.1, 0.15) is 46.5 Å². The molecule has 0 spiro atoms. The molecule has 0 fully saturated rings. The van der Waals surface area contributed by atoms with Gasteiger partial charge in [-0.25, -0.2) is 0 Å². The quantitative estimate of drug-likeness (QED) is 0.607. The van der Waals surface area contributed by atoms with Crippen LogP contribution in [-0.4, -0.2) is 0 Å². The van der Waals surface area contributed by atoms with Crippen LogP contribution in [0.3, 0.4) is 0 Å². The van der Waals surface area contributed by atoms with Crippen LogP contribution in [-0.2, 0) is 0 Å². The van der Waals surface area contributed by atoms with Crippen LogP contribution in [0, 0.1) is 5.92 Å². The molecule has 0 aliphatic carbocycles. The molecule has 0 amide bonds. The minimum Gasteiger partial charge on any atom is -0.403 e. The highest BCUT2D eigenvalue weighted by atomic mass is 14.5. The van der Waals surface area contributed by atoms with Gasteiger partial charge in [0.1, 0.15) is 0 Å². The second kappa shape index (κ2) is 6.26. The second-order valence-corrected chi connectivity index (χ2v) is 3.39. The van der Waals surface area contributed by atoms with Gasteiger partial charge in [0.15, 0.2) is 0 Å². The highest BCUT2D eigenvalue weighted by Crippen LogP contribution is 2.11. The fourth-order valence-electron chi connectivity index (χ4n) is 1.00. The van der Waals surface area contributed by atoms with Gasteiger partial charge in [-0.05, 0) is 25.7 Å². The van der Waals surface area contributed by atoms with Crippen molar-refractivity contribution in [2.45, 2.75) is 46.5 Å². The topological polar surface area (TPSA) is 26.0 Å². The molecule has 0 saturated carbocycles. The maximum absolute atomic E-state index is 5.50. The number of hydrogen-bond donors (Lipinski definition) is 1. The summed E-state index contributed by atoms with van der Waals surface area (Å²) in [5, 5.41) is 0. The van der Waals surface area contributed by atoms with Crippen molar-refractivity contribution in [1.82, 2.24) is 0 Å². The van der Waals surface area contributed by atoms with Gasteiger partial charge in [0.2, 0.25) is 0 Å². The molecule has 0 bridgehead atoms. The molecule has 0 aromatic carbocycles. The number of hydrogen-bond acceptors (Lipinski definition) is 1. The summed E-state index contributed by atoms with van der Waals surface area (Å²) in [5.41, 5.74) is 6.46. The summed E-state index contributed by atoms with van der Waals surface area (Å²) in [5.74, 6) is 0.876. The van der Waals surface area contributed by atoms with E-state index >= 15 is 0 Å². The average molecular weight is 155 g/mol. The first-order valence-corrected chi connectivity index (χ1v) is 4.59. The third-order valence-corrected chi connectivity index (χ3v) is 2.06. The largest absolute Gasteiger partial charge is 0.403 e. The van der Waals surface area contributed by atoms with Gasteiger partial charge in [-0.2, -0.15) is 0 Å². The van der Waals surface area contributed by atoms with E-state index in [0.29, 0.717) is 0 Å². The normalized spacial score (nSPS) is 15.0. The summed E-state index contributed by atoms with van der Waals surface area (Å²) in [7, 11) is 0. The summed E-state index contributed by atoms with van der Waals surface area (Å²) < 4.78 is 0. The fraction of sp³-hybridized carbons (Fsp3) is 0.800. The zero-order valence-corrected chi connectivity index (χ0v) is 8.06. The Hall–Kier alpha value is -0.460. The predicted molar refractivity (Wildman–Crippen MR) is 51.3 cm³/mol. The maximum atomic E-state index is 5.50. The number of allylic oxidation sites excluding steroid dienone is 2. The van der Waals surface area contributed by atoms with Crippen molar-refractivity contribution in [3.05, 3.63) is 11.8 Å². The maximum Gasteiger partial charge on any atom is 0.000832 e. The standard InChI is InChI=1S/C10H21N/c1-4-9(2)7-5-6-8-10(3)11/h8-9H,4-7,11H2,1-3H3/b10-8+/t9-/m0/s1. The van der Waals surface area contributed by atoms with Gasteiger partial charge in [0.25, 0.3) is 0 Å². The minimum atomic E-state index is 0.876. The Morgan fingerprint density at radius 2 is 2.18 bits per heavy atom. The minimum absolute atomic E-state index is 0.876. The molecule has 1 heteroatoms. The molecule has 0 aromatic heterocycles. The third-order valence-electron chi connectivity index (χ3n) is 2.06. The molecule has 11 heavy (non-hydrogen) atoms. The summed E-state index contributed by atoms with van der Waals surface area (Å²) in [6.07, 6.45) is 7.17. The Bertz CT molecular complexity index is 112. The summed E-state index contributed by atoms with van der Waals surface area (Å²) in [4.78, 5) is 0. The molecule has 0 rings (SSSR count). The van der Waals surface area contributed by atoms with Crippen molar-refractivity contribution in [3.8, 4) is 0 Å². The van der Waals surface area contributed by atoms with E-state index < -0.39 is 0 Å². The predicted octanol–water partition coefficient (Wildman–Crippen LogP) is 3.07. The van der Waals surface area contributed by atoms with E-state index in [1.165, 1.54) is 19.3 Å². The van der Waals surface area contributed by atoms with Gasteiger partial charge in [-0.3, -0.25) is 0 Å². The van der Waals surface area contributed by atoms with Crippen LogP contribution in [0.5, 0.6) is 0 Å². The Balaban J connectivity index is 3.21.